The molecule has 3 rings (SSSR count). The average molecular weight is 396 g/mol. The predicted octanol–water partition coefficient (Wildman–Crippen LogP) is 0.466. The Morgan fingerprint density at radius 1 is 1.36 bits per heavy atom. The number of nitrogens with one attached hydrogen (secondary N) is 1. The SMILES string of the molecule is CCOC(=O)[C@@H]1[C@@H]2CC[C@]3(O2)[C@H](C(=O)NC(C)C)N([C@@H](CO)C(C)C)C(=O)[C@@H]13. The lowest BCUT2D eigenvalue weighted by Gasteiger charge is -2.38. The summed E-state index contributed by atoms with van der Waals surface area (Å²) >= 11 is 0. The van der Waals surface area contributed by atoms with Crippen LogP contribution in [0.4, 0.5) is 0 Å². The number of hydrogen-bond acceptors (Lipinski definition) is 6. The van der Waals surface area contributed by atoms with Crippen molar-refractivity contribution in [2.45, 2.75) is 77.3 Å². The van der Waals surface area contributed by atoms with Crippen LogP contribution >= 0.6 is 0 Å². The number of rotatable bonds is 7. The second-order valence-electron chi connectivity index (χ2n) is 8.71. The molecule has 2 amide bonds. The molecular weight excluding hydrogens is 364 g/mol. The highest BCUT2D eigenvalue weighted by molar-refractivity contribution is 5.98. The van der Waals surface area contributed by atoms with E-state index in [1.165, 1.54) is 4.90 Å². The third-order valence-corrected chi connectivity index (χ3v) is 6.29. The second-order valence-corrected chi connectivity index (χ2v) is 8.71. The smallest absolute Gasteiger partial charge is 0.312 e. The van der Waals surface area contributed by atoms with Crippen LogP contribution in [0.3, 0.4) is 0 Å². The van der Waals surface area contributed by atoms with Crippen LogP contribution in [0.1, 0.15) is 47.5 Å². The number of ether oxygens (including phenoxy) is 2. The van der Waals surface area contributed by atoms with Crippen molar-refractivity contribution in [2.24, 2.45) is 17.8 Å². The van der Waals surface area contributed by atoms with Crippen LogP contribution in [0, 0.1) is 17.8 Å². The minimum Gasteiger partial charge on any atom is -0.466 e. The number of hydrogen-bond donors (Lipinski definition) is 2. The van der Waals surface area contributed by atoms with Crippen molar-refractivity contribution in [3.63, 3.8) is 0 Å². The number of esters is 1. The third-order valence-electron chi connectivity index (χ3n) is 6.29. The van der Waals surface area contributed by atoms with Gasteiger partial charge in [-0.05, 0) is 39.5 Å². The van der Waals surface area contributed by atoms with E-state index in [1.807, 2.05) is 27.7 Å². The lowest BCUT2D eigenvalue weighted by Crippen LogP contribution is -2.59. The molecule has 2 bridgehead atoms. The molecule has 0 aromatic heterocycles. The Morgan fingerprint density at radius 2 is 2.04 bits per heavy atom. The molecule has 2 N–H and O–H groups in total. The van der Waals surface area contributed by atoms with Gasteiger partial charge in [0.05, 0.1) is 37.2 Å². The summed E-state index contributed by atoms with van der Waals surface area (Å²) in [5, 5.41) is 12.9. The quantitative estimate of drug-likeness (QED) is 0.606. The van der Waals surface area contributed by atoms with E-state index >= 15 is 0 Å². The van der Waals surface area contributed by atoms with Crippen LogP contribution in [-0.4, -0.2) is 70.8 Å². The molecule has 0 unspecified atom stereocenters. The first-order chi connectivity index (χ1) is 13.2. The van der Waals surface area contributed by atoms with Crippen molar-refractivity contribution in [3.8, 4) is 0 Å². The maximum Gasteiger partial charge on any atom is 0.312 e. The van der Waals surface area contributed by atoms with E-state index in [0.717, 1.165) is 0 Å². The topological polar surface area (TPSA) is 105 Å². The zero-order valence-electron chi connectivity index (χ0n) is 17.3. The van der Waals surface area contributed by atoms with Crippen molar-refractivity contribution >= 4 is 17.8 Å². The van der Waals surface area contributed by atoms with Crippen LogP contribution in [0.5, 0.6) is 0 Å². The fourth-order valence-electron chi connectivity index (χ4n) is 5.24. The van der Waals surface area contributed by atoms with Crippen LogP contribution in [-0.2, 0) is 23.9 Å². The highest BCUT2D eigenvalue weighted by Crippen LogP contribution is 2.59. The molecule has 3 heterocycles. The van der Waals surface area contributed by atoms with E-state index in [2.05, 4.69) is 5.32 Å². The van der Waals surface area contributed by atoms with E-state index in [1.54, 1.807) is 6.92 Å². The fourth-order valence-corrected chi connectivity index (χ4v) is 5.24. The molecule has 0 aromatic carbocycles. The first kappa shape index (κ1) is 21.0. The van der Waals surface area contributed by atoms with Gasteiger partial charge in [-0.2, -0.15) is 0 Å². The van der Waals surface area contributed by atoms with Gasteiger partial charge in [-0.1, -0.05) is 13.8 Å². The summed E-state index contributed by atoms with van der Waals surface area (Å²) in [5.41, 5.74) is -1.04. The molecule has 3 fully saturated rings. The Labute approximate surface area is 165 Å². The fraction of sp³-hybridized carbons (Fsp3) is 0.850. The number of fused-ring (bicyclic) bond motifs is 1. The van der Waals surface area contributed by atoms with E-state index < -0.39 is 41.6 Å². The zero-order valence-corrected chi connectivity index (χ0v) is 17.3. The number of aliphatic hydroxyl groups excluding tert-OH is 1. The highest BCUT2D eigenvalue weighted by atomic mass is 16.6. The first-order valence-electron chi connectivity index (χ1n) is 10.3. The number of carbonyl (C=O) groups excluding carboxylic acids is 3. The number of carbonyl (C=O) groups is 3. The Hall–Kier alpha value is -1.67. The van der Waals surface area contributed by atoms with Crippen LogP contribution in [0.15, 0.2) is 0 Å². The monoisotopic (exact) mass is 396 g/mol. The second kappa shape index (κ2) is 7.63. The van der Waals surface area contributed by atoms with Crippen molar-refractivity contribution in [2.75, 3.05) is 13.2 Å². The summed E-state index contributed by atoms with van der Waals surface area (Å²) < 4.78 is 11.5. The predicted molar refractivity (Wildman–Crippen MR) is 100 cm³/mol. The van der Waals surface area contributed by atoms with Gasteiger partial charge < -0.3 is 24.8 Å². The summed E-state index contributed by atoms with van der Waals surface area (Å²) in [6, 6.07) is -1.50. The molecule has 158 valence electrons. The van der Waals surface area contributed by atoms with Gasteiger partial charge in [0, 0.05) is 6.04 Å². The molecule has 0 radical (unpaired) electrons. The van der Waals surface area contributed by atoms with Gasteiger partial charge >= 0.3 is 5.97 Å². The molecular formula is C20H32N2O6. The van der Waals surface area contributed by atoms with Gasteiger partial charge in [-0.15, -0.1) is 0 Å². The van der Waals surface area contributed by atoms with Gasteiger partial charge in [-0.25, -0.2) is 0 Å². The summed E-state index contributed by atoms with van der Waals surface area (Å²) in [7, 11) is 0. The Kier molecular flexibility index (Phi) is 5.74. The minimum absolute atomic E-state index is 0.0585. The van der Waals surface area contributed by atoms with Crippen molar-refractivity contribution < 1.29 is 29.0 Å². The molecule has 8 nitrogen and oxygen atoms in total. The van der Waals surface area contributed by atoms with E-state index in [9.17, 15) is 19.5 Å². The molecule has 3 aliphatic heterocycles. The number of nitrogens with zero attached hydrogens (tertiary/aromatic N) is 1. The Bertz CT molecular complexity index is 651. The summed E-state index contributed by atoms with van der Waals surface area (Å²) in [6.07, 6.45) is 0.737. The number of aliphatic hydroxyl groups is 1. The Morgan fingerprint density at radius 3 is 2.57 bits per heavy atom. The molecule has 0 aromatic rings. The van der Waals surface area contributed by atoms with Gasteiger partial charge in [0.15, 0.2) is 0 Å². The summed E-state index contributed by atoms with van der Waals surface area (Å²) in [6.45, 7) is 9.21. The lowest BCUT2D eigenvalue weighted by molar-refractivity contribution is -0.155. The molecule has 1 spiro atoms. The summed E-state index contributed by atoms with van der Waals surface area (Å²) in [5.74, 6) is -2.54. The van der Waals surface area contributed by atoms with Gasteiger partial charge in [-0.3, -0.25) is 14.4 Å². The third kappa shape index (κ3) is 3.01. The maximum atomic E-state index is 13.5. The minimum atomic E-state index is -1.04. The van der Waals surface area contributed by atoms with E-state index in [0.29, 0.717) is 12.8 Å². The van der Waals surface area contributed by atoms with Crippen molar-refractivity contribution in [3.05, 3.63) is 0 Å². The molecule has 3 saturated heterocycles. The van der Waals surface area contributed by atoms with Crippen LogP contribution in [0.2, 0.25) is 0 Å². The highest BCUT2D eigenvalue weighted by Gasteiger charge is 2.75. The van der Waals surface area contributed by atoms with Crippen LogP contribution < -0.4 is 5.32 Å². The summed E-state index contributed by atoms with van der Waals surface area (Å²) in [4.78, 5) is 40.9. The van der Waals surface area contributed by atoms with Crippen molar-refractivity contribution in [1.82, 2.24) is 10.2 Å². The molecule has 0 aliphatic carbocycles. The largest absolute Gasteiger partial charge is 0.466 e. The standard InChI is InChI=1S/C20H32N2O6/c1-6-27-19(26)14-13-7-8-20(28-13)15(14)18(25)22(12(9-23)10(2)3)16(20)17(24)21-11(4)5/h10-16,23H,6-9H2,1-5H3,(H,21,24)/t12-,13-,14+,15+,16-,20+/m0/s1. The van der Waals surface area contributed by atoms with E-state index in [-0.39, 0.29) is 37.0 Å². The number of likely N-dealkylation sites (tertiary alicyclic amines) is 1. The molecule has 3 aliphatic rings. The molecule has 0 saturated carbocycles. The molecule has 28 heavy (non-hydrogen) atoms. The number of amides is 2. The average Bonchev–Trinajstić information content (AvgIpc) is 3.23. The van der Waals surface area contributed by atoms with Crippen LogP contribution in [0.25, 0.3) is 0 Å². The maximum absolute atomic E-state index is 13.5. The van der Waals surface area contributed by atoms with Gasteiger partial charge in [0.1, 0.15) is 11.6 Å². The zero-order chi connectivity index (χ0) is 20.8. The van der Waals surface area contributed by atoms with Gasteiger partial charge in [0.25, 0.3) is 0 Å². The first-order valence-corrected chi connectivity index (χ1v) is 10.3. The lowest BCUT2D eigenvalue weighted by atomic mass is 9.70. The molecule has 6 atom stereocenters. The normalized spacial score (nSPS) is 34.9. The Balaban J connectivity index is 2.06. The van der Waals surface area contributed by atoms with E-state index in [4.69, 9.17) is 9.47 Å². The van der Waals surface area contributed by atoms with Crippen molar-refractivity contribution in [1.29, 1.82) is 0 Å². The van der Waals surface area contributed by atoms with Gasteiger partial charge in [0.2, 0.25) is 11.8 Å². The molecule has 8 heteroatoms.